The van der Waals surface area contributed by atoms with Crippen LogP contribution in [0.15, 0.2) is 0 Å². The summed E-state index contributed by atoms with van der Waals surface area (Å²) in [6.45, 7) is 0. The average Bonchev–Trinajstić information content (AvgIpc) is 1.85. The van der Waals surface area contributed by atoms with E-state index in [-0.39, 0.29) is 0 Å². The minimum absolute atomic E-state index is 0.665. The van der Waals surface area contributed by atoms with Crippen molar-refractivity contribution in [1.29, 1.82) is 0 Å². The molecule has 0 unspecified atom stereocenters. The van der Waals surface area contributed by atoms with E-state index in [1.54, 1.807) is 0 Å². The second-order valence-corrected chi connectivity index (χ2v) is 1.75. The Morgan fingerprint density at radius 1 is 0.833 bits per heavy atom. The van der Waals surface area contributed by atoms with Gasteiger partial charge in [-0.15, -0.1) is 0 Å². The van der Waals surface area contributed by atoms with Gasteiger partial charge in [0.05, 0.1) is 0 Å². The Morgan fingerprint density at radius 2 is 1.17 bits per heavy atom. The van der Waals surface area contributed by atoms with Gasteiger partial charge in [-0.25, -0.2) is 0 Å². The van der Waals surface area contributed by atoms with Crippen molar-refractivity contribution in [2.24, 2.45) is 0 Å². The molecule has 0 aromatic rings. The van der Waals surface area contributed by atoms with Gasteiger partial charge in [0.2, 0.25) is 0 Å². The molecular weight excluding hydrogens is 197 g/mol. The fraction of sp³-hybridized carbons (Fsp3) is 0.750. The molecule has 0 spiro atoms. The van der Waals surface area contributed by atoms with Gasteiger partial charge in [-0.1, -0.05) is 0 Å². The SMILES string of the molecule is O=[C]C(F)(F)C(F)(F)C(F)(F)F. The van der Waals surface area contributed by atoms with Crippen LogP contribution in [-0.2, 0) is 4.79 Å². The standard InChI is InChI=1S/C4F7O/c5-2(6,1-12)3(7,8)4(9,10)11. The summed E-state index contributed by atoms with van der Waals surface area (Å²) in [4.78, 5) is 9.06. The highest BCUT2D eigenvalue weighted by molar-refractivity contribution is 5.62. The number of halogens is 7. The summed E-state index contributed by atoms with van der Waals surface area (Å²) in [6.07, 6.45) is -7.13. The lowest BCUT2D eigenvalue weighted by atomic mass is 10.2. The fourth-order valence-corrected chi connectivity index (χ4v) is 0.242. The smallest absolute Gasteiger partial charge is 0.283 e. The summed E-state index contributed by atoms with van der Waals surface area (Å²) < 4.78 is 79.5. The maximum atomic E-state index is 11.6. The number of carbonyl (C=O) groups excluding carboxylic acids is 1. The van der Waals surface area contributed by atoms with E-state index in [9.17, 15) is 30.7 Å². The van der Waals surface area contributed by atoms with E-state index in [0.717, 1.165) is 0 Å². The summed E-state index contributed by atoms with van der Waals surface area (Å²) >= 11 is 0. The maximum Gasteiger partial charge on any atom is 0.460 e. The van der Waals surface area contributed by atoms with Crippen LogP contribution in [0.25, 0.3) is 0 Å². The molecular formula is C4F7O. The molecule has 0 aromatic carbocycles. The molecule has 1 radical (unpaired) electrons. The zero-order valence-electron chi connectivity index (χ0n) is 5.05. The normalized spacial score (nSPS) is 14.6. The van der Waals surface area contributed by atoms with Gasteiger partial charge in [-0.05, 0) is 0 Å². The van der Waals surface area contributed by atoms with Crippen LogP contribution in [0.4, 0.5) is 30.7 Å². The molecule has 0 aliphatic rings. The molecule has 0 rings (SSSR count). The molecule has 0 N–H and O–H groups in total. The molecule has 1 nitrogen and oxygen atoms in total. The number of hydrogen-bond acceptors (Lipinski definition) is 1. The van der Waals surface area contributed by atoms with Crippen molar-refractivity contribution in [3.05, 3.63) is 0 Å². The molecule has 8 heteroatoms. The lowest BCUT2D eigenvalue weighted by Gasteiger charge is -2.23. The molecule has 0 saturated heterocycles. The first-order chi connectivity index (χ1) is 5.06. The van der Waals surface area contributed by atoms with Gasteiger partial charge in [-0.3, -0.25) is 4.79 Å². The lowest BCUT2D eigenvalue weighted by molar-refractivity contribution is -0.336. The van der Waals surface area contributed by atoms with E-state index < -0.39 is 24.3 Å². The Hall–Kier alpha value is -0.820. The van der Waals surface area contributed by atoms with Crippen molar-refractivity contribution < 1.29 is 35.5 Å². The third-order valence-electron chi connectivity index (χ3n) is 0.879. The third kappa shape index (κ3) is 1.51. The number of hydrogen-bond donors (Lipinski definition) is 0. The van der Waals surface area contributed by atoms with Gasteiger partial charge in [0.25, 0.3) is 6.29 Å². The van der Waals surface area contributed by atoms with Crippen LogP contribution in [0.3, 0.4) is 0 Å². The van der Waals surface area contributed by atoms with Gasteiger partial charge in [0.15, 0.2) is 0 Å². The van der Waals surface area contributed by atoms with Gasteiger partial charge >= 0.3 is 18.0 Å². The summed E-state index contributed by atoms with van der Waals surface area (Å²) in [5, 5.41) is 0. The van der Waals surface area contributed by atoms with Crippen molar-refractivity contribution in [3.8, 4) is 0 Å². The van der Waals surface area contributed by atoms with E-state index in [2.05, 4.69) is 0 Å². The topological polar surface area (TPSA) is 17.1 Å². The van der Waals surface area contributed by atoms with E-state index in [1.165, 1.54) is 0 Å². The predicted molar refractivity (Wildman–Crippen MR) is 21.6 cm³/mol. The van der Waals surface area contributed by atoms with Gasteiger partial charge in [0, 0.05) is 0 Å². The zero-order valence-corrected chi connectivity index (χ0v) is 5.05. The average molecular weight is 197 g/mol. The first-order valence-electron chi connectivity index (χ1n) is 2.28. The Bertz CT molecular complexity index is 180. The van der Waals surface area contributed by atoms with Crippen LogP contribution in [0.2, 0.25) is 0 Å². The van der Waals surface area contributed by atoms with E-state index >= 15 is 0 Å². The van der Waals surface area contributed by atoms with Gasteiger partial charge in [-0.2, -0.15) is 30.7 Å². The summed E-state index contributed by atoms with van der Waals surface area (Å²) in [5.41, 5.74) is 0. The van der Waals surface area contributed by atoms with Crippen molar-refractivity contribution >= 4 is 6.29 Å². The highest BCUT2D eigenvalue weighted by atomic mass is 19.4. The van der Waals surface area contributed by atoms with Crippen LogP contribution >= 0.6 is 0 Å². The van der Waals surface area contributed by atoms with Crippen molar-refractivity contribution in [1.82, 2.24) is 0 Å². The Morgan fingerprint density at radius 3 is 1.25 bits per heavy atom. The van der Waals surface area contributed by atoms with Crippen LogP contribution in [0.1, 0.15) is 0 Å². The highest BCUT2D eigenvalue weighted by Gasteiger charge is 2.73. The molecule has 0 aromatic heterocycles. The molecule has 0 heterocycles. The number of rotatable bonds is 2. The Labute approximate surface area is 61.2 Å². The van der Waals surface area contributed by atoms with Gasteiger partial charge in [0.1, 0.15) is 0 Å². The predicted octanol–water partition coefficient (Wildman–Crippen LogP) is 1.93. The van der Waals surface area contributed by atoms with Crippen LogP contribution in [-0.4, -0.2) is 24.3 Å². The number of alkyl halides is 7. The maximum absolute atomic E-state index is 11.6. The monoisotopic (exact) mass is 197 g/mol. The molecule has 12 heavy (non-hydrogen) atoms. The minimum Gasteiger partial charge on any atom is -0.283 e. The first-order valence-corrected chi connectivity index (χ1v) is 2.28. The van der Waals surface area contributed by atoms with E-state index in [1.807, 2.05) is 0 Å². The first kappa shape index (κ1) is 11.2. The quantitative estimate of drug-likeness (QED) is 0.618. The zero-order chi connectivity index (χ0) is 10.2. The molecule has 0 aliphatic heterocycles. The largest absolute Gasteiger partial charge is 0.460 e. The molecule has 71 valence electrons. The minimum atomic E-state index is -6.46. The van der Waals surface area contributed by atoms with E-state index in [0.29, 0.717) is 0 Å². The van der Waals surface area contributed by atoms with E-state index in [4.69, 9.17) is 4.79 Å². The van der Waals surface area contributed by atoms with Crippen LogP contribution < -0.4 is 0 Å². The molecule has 0 amide bonds. The third-order valence-corrected chi connectivity index (χ3v) is 0.879. The Kier molecular flexibility index (Phi) is 2.42. The highest BCUT2D eigenvalue weighted by Crippen LogP contribution is 2.45. The van der Waals surface area contributed by atoms with Crippen LogP contribution in [0, 0.1) is 0 Å². The fourth-order valence-electron chi connectivity index (χ4n) is 0.242. The van der Waals surface area contributed by atoms with Crippen molar-refractivity contribution in [2.45, 2.75) is 18.0 Å². The van der Waals surface area contributed by atoms with Gasteiger partial charge < -0.3 is 0 Å². The van der Waals surface area contributed by atoms with Crippen LogP contribution in [0.5, 0.6) is 0 Å². The second-order valence-electron chi connectivity index (χ2n) is 1.75. The molecule has 0 atom stereocenters. The molecule has 0 aliphatic carbocycles. The second kappa shape index (κ2) is 2.60. The summed E-state index contributed by atoms with van der Waals surface area (Å²) in [5.74, 6) is -12.2. The summed E-state index contributed by atoms with van der Waals surface area (Å²) in [7, 11) is 0. The lowest BCUT2D eigenvalue weighted by Crippen LogP contribution is -2.52. The molecule has 0 saturated carbocycles. The Balaban J connectivity index is 4.97. The summed E-state index contributed by atoms with van der Waals surface area (Å²) in [6, 6.07) is 0. The van der Waals surface area contributed by atoms with Crippen molar-refractivity contribution in [3.63, 3.8) is 0 Å². The molecule has 0 fully saturated rings. The van der Waals surface area contributed by atoms with Crippen molar-refractivity contribution in [2.75, 3.05) is 0 Å². The molecule has 0 bridgehead atoms.